The summed E-state index contributed by atoms with van der Waals surface area (Å²) in [6, 6.07) is 3.81. The minimum Gasteiger partial charge on any atom is -0.493 e. The van der Waals surface area contributed by atoms with Gasteiger partial charge in [-0.05, 0) is 52.7 Å². The van der Waals surface area contributed by atoms with Crippen LogP contribution in [0.15, 0.2) is 37.4 Å². The monoisotopic (exact) mass is 375 g/mol. The summed E-state index contributed by atoms with van der Waals surface area (Å²) in [5, 5.41) is 0. The van der Waals surface area contributed by atoms with Gasteiger partial charge in [0.2, 0.25) is 0 Å². The first-order valence-electron chi connectivity index (χ1n) is 9.18. The summed E-state index contributed by atoms with van der Waals surface area (Å²) in [6.07, 6.45) is 3.72. The summed E-state index contributed by atoms with van der Waals surface area (Å²) in [7, 11) is 1.62. The highest BCUT2D eigenvalue weighted by Crippen LogP contribution is 2.36. The van der Waals surface area contributed by atoms with E-state index >= 15 is 0 Å². The van der Waals surface area contributed by atoms with Crippen LogP contribution in [-0.4, -0.2) is 36.4 Å². The van der Waals surface area contributed by atoms with Gasteiger partial charge in [-0.1, -0.05) is 18.2 Å². The largest absolute Gasteiger partial charge is 0.493 e. The molecule has 150 valence electrons. The molecule has 0 unspecified atom stereocenters. The molecule has 5 heteroatoms. The van der Waals surface area contributed by atoms with Crippen molar-refractivity contribution in [1.82, 2.24) is 4.90 Å². The highest BCUT2D eigenvalue weighted by atomic mass is 16.6. The van der Waals surface area contributed by atoms with Gasteiger partial charge in [-0.2, -0.15) is 0 Å². The Bertz CT molecular complexity index is 659. The van der Waals surface area contributed by atoms with Crippen molar-refractivity contribution in [2.45, 2.75) is 59.3 Å². The van der Waals surface area contributed by atoms with E-state index < -0.39 is 5.60 Å². The lowest BCUT2D eigenvalue weighted by atomic mass is 10.0. The molecule has 0 spiro atoms. The van der Waals surface area contributed by atoms with Crippen molar-refractivity contribution in [3.8, 4) is 11.5 Å². The minimum absolute atomic E-state index is 0.00662. The quantitative estimate of drug-likeness (QED) is 0.561. The van der Waals surface area contributed by atoms with Crippen LogP contribution >= 0.6 is 0 Å². The fraction of sp³-hybridized carbons (Fsp3) is 0.500. The molecular formula is C22H33NO4. The molecule has 0 aromatic heterocycles. The highest BCUT2D eigenvalue weighted by molar-refractivity contribution is 5.68. The first kappa shape index (κ1) is 22.6. The molecule has 1 rings (SSSR count). The van der Waals surface area contributed by atoms with Crippen molar-refractivity contribution >= 4 is 6.09 Å². The maximum atomic E-state index is 12.6. The molecule has 1 aromatic rings. The Morgan fingerprint density at radius 3 is 2.37 bits per heavy atom. The number of benzene rings is 1. The molecule has 0 heterocycles. The topological polar surface area (TPSA) is 48.0 Å². The second-order valence-electron chi connectivity index (χ2n) is 7.54. The van der Waals surface area contributed by atoms with Crippen molar-refractivity contribution in [2.75, 3.05) is 13.7 Å². The third-order valence-electron chi connectivity index (χ3n) is 3.61. The second kappa shape index (κ2) is 10.0. The zero-order valence-electron chi connectivity index (χ0n) is 17.5. The SMILES string of the molecule is C=CCc1c(CN(CC=C)C(=O)OC(C)(C)C)ccc(OC)c1OC(C)C. The van der Waals surface area contributed by atoms with Crippen LogP contribution in [0.25, 0.3) is 0 Å². The normalized spacial score (nSPS) is 11.1. The fourth-order valence-electron chi connectivity index (χ4n) is 2.58. The highest BCUT2D eigenvalue weighted by Gasteiger charge is 2.24. The Kier molecular flexibility index (Phi) is 8.41. The van der Waals surface area contributed by atoms with Gasteiger partial charge in [0, 0.05) is 18.7 Å². The lowest BCUT2D eigenvalue weighted by Gasteiger charge is -2.28. The van der Waals surface area contributed by atoms with Crippen LogP contribution in [0.5, 0.6) is 11.5 Å². The number of hydrogen-bond acceptors (Lipinski definition) is 4. The molecule has 0 aliphatic carbocycles. The lowest BCUT2D eigenvalue weighted by molar-refractivity contribution is 0.0256. The third kappa shape index (κ3) is 7.00. The van der Waals surface area contributed by atoms with E-state index in [4.69, 9.17) is 14.2 Å². The molecule has 0 aliphatic heterocycles. The van der Waals surface area contributed by atoms with E-state index in [1.54, 1.807) is 18.1 Å². The van der Waals surface area contributed by atoms with Gasteiger partial charge in [-0.25, -0.2) is 4.79 Å². The first-order valence-corrected chi connectivity index (χ1v) is 9.18. The molecule has 0 bridgehead atoms. The van der Waals surface area contributed by atoms with Gasteiger partial charge in [0.25, 0.3) is 0 Å². The van der Waals surface area contributed by atoms with E-state index in [9.17, 15) is 4.79 Å². The smallest absolute Gasteiger partial charge is 0.410 e. The minimum atomic E-state index is -0.563. The molecule has 0 saturated carbocycles. The van der Waals surface area contributed by atoms with Crippen LogP contribution in [-0.2, 0) is 17.7 Å². The molecule has 0 atom stereocenters. The number of rotatable bonds is 9. The summed E-state index contributed by atoms with van der Waals surface area (Å²) < 4.78 is 17.0. The molecule has 5 nitrogen and oxygen atoms in total. The number of allylic oxidation sites excluding steroid dienone is 1. The van der Waals surface area contributed by atoms with Crippen molar-refractivity contribution in [3.63, 3.8) is 0 Å². The molecular weight excluding hydrogens is 342 g/mol. The molecule has 0 N–H and O–H groups in total. The van der Waals surface area contributed by atoms with Crippen LogP contribution in [0.3, 0.4) is 0 Å². The van der Waals surface area contributed by atoms with Crippen LogP contribution in [0.1, 0.15) is 45.7 Å². The van der Waals surface area contributed by atoms with Crippen LogP contribution in [0.4, 0.5) is 4.79 Å². The van der Waals surface area contributed by atoms with E-state index in [0.717, 1.165) is 11.1 Å². The predicted molar refractivity (Wildman–Crippen MR) is 110 cm³/mol. The number of amides is 1. The maximum Gasteiger partial charge on any atom is 0.410 e. The van der Waals surface area contributed by atoms with Crippen molar-refractivity contribution in [1.29, 1.82) is 0 Å². The number of nitrogens with zero attached hydrogens (tertiary/aromatic N) is 1. The molecule has 1 aromatic carbocycles. The van der Waals surface area contributed by atoms with E-state index in [0.29, 0.717) is 31.0 Å². The standard InChI is InChI=1S/C22H33NO4/c1-9-11-18-17(12-13-19(25-8)20(18)26-16(3)4)15-23(14-10-2)21(24)27-22(5,6)7/h9-10,12-13,16H,1-2,11,14-15H2,3-8H3. The van der Waals surface area contributed by atoms with Gasteiger partial charge in [0.1, 0.15) is 5.60 Å². The van der Waals surface area contributed by atoms with Gasteiger partial charge in [0.05, 0.1) is 13.2 Å². The number of ether oxygens (including phenoxy) is 3. The Morgan fingerprint density at radius 2 is 1.89 bits per heavy atom. The number of methoxy groups -OCH3 is 1. The van der Waals surface area contributed by atoms with Crippen molar-refractivity contribution in [2.24, 2.45) is 0 Å². The Labute approximate surface area is 163 Å². The molecule has 0 saturated heterocycles. The van der Waals surface area contributed by atoms with Crippen LogP contribution in [0.2, 0.25) is 0 Å². The van der Waals surface area contributed by atoms with E-state index in [-0.39, 0.29) is 12.2 Å². The molecule has 0 radical (unpaired) electrons. The molecule has 0 fully saturated rings. The van der Waals surface area contributed by atoms with E-state index in [1.165, 1.54) is 0 Å². The van der Waals surface area contributed by atoms with Gasteiger partial charge >= 0.3 is 6.09 Å². The zero-order valence-corrected chi connectivity index (χ0v) is 17.5. The van der Waals surface area contributed by atoms with Gasteiger partial charge in [-0.3, -0.25) is 0 Å². The lowest BCUT2D eigenvalue weighted by Crippen LogP contribution is -2.36. The van der Waals surface area contributed by atoms with Crippen molar-refractivity contribution in [3.05, 3.63) is 48.6 Å². The molecule has 0 aliphatic rings. The van der Waals surface area contributed by atoms with Gasteiger partial charge < -0.3 is 19.1 Å². The van der Waals surface area contributed by atoms with E-state index in [2.05, 4.69) is 13.2 Å². The average molecular weight is 376 g/mol. The Morgan fingerprint density at radius 1 is 1.22 bits per heavy atom. The number of carbonyl (C=O) groups is 1. The summed E-state index contributed by atoms with van der Waals surface area (Å²) >= 11 is 0. The summed E-state index contributed by atoms with van der Waals surface area (Å²) in [6.45, 7) is 17.9. The second-order valence-corrected chi connectivity index (χ2v) is 7.54. The van der Waals surface area contributed by atoms with Crippen LogP contribution < -0.4 is 9.47 Å². The molecule has 27 heavy (non-hydrogen) atoms. The van der Waals surface area contributed by atoms with Gasteiger partial charge in [-0.15, -0.1) is 13.2 Å². The van der Waals surface area contributed by atoms with Gasteiger partial charge in [0.15, 0.2) is 11.5 Å². The first-order chi connectivity index (χ1) is 12.6. The predicted octanol–water partition coefficient (Wildman–Crippen LogP) is 5.13. The number of hydrogen-bond donors (Lipinski definition) is 0. The summed E-state index contributed by atoms with van der Waals surface area (Å²) in [4.78, 5) is 14.2. The Balaban J connectivity index is 3.30. The van der Waals surface area contributed by atoms with Crippen LogP contribution in [0, 0.1) is 0 Å². The number of carbonyl (C=O) groups excluding carboxylic acids is 1. The zero-order chi connectivity index (χ0) is 20.6. The Hall–Kier alpha value is -2.43. The summed E-state index contributed by atoms with van der Waals surface area (Å²) in [5.74, 6) is 1.35. The molecule has 1 amide bonds. The van der Waals surface area contributed by atoms with E-state index in [1.807, 2.05) is 52.8 Å². The fourth-order valence-corrected chi connectivity index (χ4v) is 2.58. The summed E-state index contributed by atoms with van der Waals surface area (Å²) in [5.41, 5.74) is 1.35. The van der Waals surface area contributed by atoms with Crippen molar-refractivity contribution < 1.29 is 19.0 Å². The average Bonchev–Trinajstić information content (AvgIpc) is 2.55. The maximum absolute atomic E-state index is 12.6. The third-order valence-corrected chi connectivity index (χ3v) is 3.61.